The third-order valence-electron chi connectivity index (χ3n) is 3.37. The summed E-state index contributed by atoms with van der Waals surface area (Å²) < 4.78 is 6.67. The molecule has 0 fully saturated rings. The van der Waals surface area contributed by atoms with Crippen LogP contribution in [-0.2, 0) is 22.5 Å². The van der Waals surface area contributed by atoms with E-state index < -0.39 is 5.97 Å². The fraction of sp³-hybridized carbons (Fsp3) is 0.533. The minimum absolute atomic E-state index is 0.145. The van der Waals surface area contributed by atoms with E-state index in [1.807, 2.05) is 13.0 Å². The first-order valence-corrected chi connectivity index (χ1v) is 8.70. The lowest BCUT2D eigenvalue weighted by Crippen LogP contribution is -2.26. The maximum Gasteiger partial charge on any atom is 0.326 e. The van der Waals surface area contributed by atoms with Crippen LogP contribution >= 0.6 is 23.6 Å². The van der Waals surface area contributed by atoms with Gasteiger partial charge >= 0.3 is 5.97 Å². The van der Waals surface area contributed by atoms with Crippen LogP contribution in [0.3, 0.4) is 0 Å². The second-order valence-electron chi connectivity index (χ2n) is 5.06. The summed E-state index contributed by atoms with van der Waals surface area (Å²) in [5, 5.41) is 0.578. The molecule has 0 amide bonds. The van der Waals surface area contributed by atoms with Gasteiger partial charge in [0, 0.05) is 4.88 Å². The number of thiophene rings is 1. The molecule has 0 saturated carbocycles. The molecule has 2 aromatic heterocycles. The van der Waals surface area contributed by atoms with Crippen molar-refractivity contribution < 1.29 is 9.53 Å². The number of hydrogen-bond acceptors (Lipinski definition) is 5. The molecule has 0 unspecified atom stereocenters. The van der Waals surface area contributed by atoms with Gasteiger partial charge in [-0.3, -0.25) is 14.2 Å². The summed E-state index contributed by atoms with van der Waals surface area (Å²) in [6, 6.07) is 1.86. The van der Waals surface area contributed by atoms with E-state index in [0.717, 1.165) is 35.4 Å². The van der Waals surface area contributed by atoms with Crippen LogP contribution in [0, 0.1) is 4.77 Å². The van der Waals surface area contributed by atoms with Crippen molar-refractivity contribution in [2.45, 2.75) is 46.1 Å². The summed E-state index contributed by atoms with van der Waals surface area (Å²) >= 11 is 6.71. The molecular weight excluding hydrogens is 320 g/mol. The van der Waals surface area contributed by atoms with Gasteiger partial charge in [-0.15, -0.1) is 11.3 Å². The molecule has 0 radical (unpaired) electrons. The van der Waals surface area contributed by atoms with Gasteiger partial charge in [0.1, 0.15) is 11.4 Å². The number of unbranched alkanes of at least 4 members (excludes halogenated alkanes) is 2. The molecule has 0 aliphatic rings. The molecule has 5 nitrogen and oxygen atoms in total. The lowest BCUT2D eigenvalue weighted by Gasteiger charge is -2.07. The second-order valence-corrected chi connectivity index (χ2v) is 6.58. The van der Waals surface area contributed by atoms with Crippen LogP contribution in [0.15, 0.2) is 10.9 Å². The number of carbonyl (C=O) groups is 1. The normalized spacial score (nSPS) is 11.0. The number of fused-ring (bicyclic) bond motifs is 1. The summed E-state index contributed by atoms with van der Waals surface area (Å²) in [6.07, 6.45) is 3.79. The summed E-state index contributed by atoms with van der Waals surface area (Å²) in [6.45, 7) is 4.36. The number of aromatic nitrogens is 2. The predicted octanol–water partition coefficient (Wildman–Crippen LogP) is 3.42. The lowest BCUT2D eigenvalue weighted by molar-refractivity contribution is -0.144. The monoisotopic (exact) mass is 340 g/mol. The number of H-pyrrole nitrogens is 1. The highest BCUT2D eigenvalue weighted by molar-refractivity contribution is 7.71. The average Bonchev–Trinajstić information content (AvgIpc) is 2.91. The fourth-order valence-electron chi connectivity index (χ4n) is 2.13. The van der Waals surface area contributed by atoms with Crippen LogP contribution < -0.4 is 5.56 Å². The SMILES string of the molecule is CCCCCOC(=O)Cn1c(=S)[nH]c2sc(CC)cc2c1=O. The van der Waals surface area contributed by atoms with E-state index >= 15 is 0 Å². The first-order valence-electron chi connectivity index (χ1n) is 7.48. The van der Waals surface area contributed by atoms with Gasteiger partial charge in [0.2, 0.25) is 0 Å². The van der Waals surface area contributed by atoms with Crippen LogP contribution in [-0.4, -0.2) is 22.1 Å². The van der Waals surface area contributed by atoms with Crippen LogP contribution in [0.5, 0.6) is 0 Å². The number of aromatic amines is 1. The van der Waals surface area contributed by atoms with Gasteiger partial charge in [-0.05, 0) is 31.1 Å². The van der Waals surface area contributed by atoms with Crippen LogP contribution in [0.4, 0.5) is 0 Å². The standard InChI is InChI=1S/C15H20N2O3S2/c1-3-5-6-7-20-12(18)9-17-14(19)11-8-10(4-2)22-13(11)16-15(17)21/h8H,3-7,9H2,1-2H3,(H,16,21). The zero-order valence-electron chi connectivity index (χ0n) is 12.8. The van der Waals surface area contributed by atoms with E-state index in [0.29, 0.717) is 12.0 Å². The molecule has 1 N–H and O–H groups in total. The molecular formula is C15H20N2O3S2. The maximum absolute atomic E-state index is 12.5. The van der Waals surface area contributed by atoms with Gasteiger partial charge in [0.05, 0.1) is 12.0 Å². The maximum atomic E-state index is 12.5. The Morgan fingerprint density at radius 3 is 2.86 bits per heavy atom. The Balaban J connectivity index is 2.19. The van der Waals surface area contributed by atoms with Gasteiger partial charge in [0.15, 0.2) is 4.77 Å². The number of rotatable bonds is 7. The molecule has 7 heteroatoms. The Kier molecular flexibility index (Phi) is 5.90. The van der Waals surface area contributed by atoms with E-state index in [9.17, 15) is 9.59 Å². The molecule has 0 atom stereocenters. The molecule has 22 heavy (non-hydrogen) atoms. The zero-order chi connectivity index (χ0) is 16.1. The Morgan fingerprint density at radius 2 is 2.18 bits per heavy atom. The Hall–Kier alpha value is -1.47. The fourth-order valence-corrected chi connectivity index (χ4v) is 3.43. The first-order chi connectivity index (χ1) is 10.6. The summed E-state index contributed by atoms with van der Waals surface area (Å²) in [4.78, 5) is 29.2. The zero-order valence-corrected chi connectivity index (χ0v) is 14.4. The minimum Gasteiger partial charge on any atom is -0.464 e. The lowest BCUT2D eigenvalue weighted by atomic mass is 10.3. The molecule has 2 aromatic rings. The number of ether oxygens (including phenoxy) is 1. The van der Waals surface area contributed by atoms with Crippen LogP contribution in [0.1, 0.15) is 38.0 Å². The van der Waals surface area contributed by atoms with E-state index in [1.54, 1.807) is 0 Å². The van der Waals surface area contributed by atoms with E-state index in [4.69, 9.17) is 17.0 Å². The van der Waals surface area contributed by atoms with Gasteiger partial charge in [-0.2, -0.15) is 0 Å². The Labute approximate surface area is 137 Å². The van der Waals surface area contributed by atoms with Crippen molar-refractivity contribution in [2.24, 2.45) is 0 Å². The number of hydrogen-bond donors (Lipinski definition) is 1. The molecule has 0 aromatic carbocycles. The molecule has 0 aliphatic carbocycles. The predicted molar refractivity (Wildman–Crippen MR) is 91.1 cm³/mol. The van der Waals surface area contributed by atoms with E-state index in [-0.39, 0.29) is 16.9 Å². The highest BCUT2D eigenvalue weighted by Crippen LogP contribution is 2.21. The van der Waals surface area contributed by atoms with Gasteiger partial charge < -0.3 is 9.72 Å². The van der Waals surface area contributed by atoms with Crippen LogP contribution in [0.25, 0.3) is 10.2 Å². The number of carbonyl (C=O) groups excluding carboxylic acids is 1. The van der Waals surface area contributed by atoms with E-state index in [2.05, 4.69) is 11.9 Å². The van der Waals surface area contributed by atoms with Gasteiger partial charge in [0.25, 0.3) is 5.56 Å². The van der Waals surface area contributed by atoms with E-state index in [1.165, 1.54) is 15.9 Å². The molecule has 2 rings (SSSR count). The highest BCUT2D eigenvalue weighted by atomic mass is 32.1. The van der Waals surface area contributed by atoms with Crippen molar-refractivity contribution >= 4 is 39.7 Å². The molecule has 0 bridgehead atoms. The van der Waals surface area contributed by atoms with Crippen molar-refractivity contribution in [1.29, 1.82) is 0 Å². The molecule has 120 valence electrons. The Morgan fingerprint density at radius 1 is 1.41 bits per heavy atom. The Bertz CT molecular complexity index is 773. The topological polar surface area (TPSA) is 64.1 Å². The average molecular weight is 340 g/mol. The van der Waals surface area contributed by atoms with Gasteiger partial charge in [-0.25, -0.2) is 0 Å². The smallest absolute Gasteiger partial charge is 0.326 e. The summed E-state index contributed by atoms with van der Waals surface area (Å²) in [7, 11) is 0. The van der Waals surface area contributed by atoms with Crippen molar-refractivity contribution in [1.82, 2.24) is 9.55 Å². The van der Waals surface area contributed by atoms with Crippen molar-refractivity contribution in [3.63, 3.8) is 0 Å². The molecule has 0 saturated heterocycles. The second kappa shape index (κ2) is 7.69. The van der Waals surface area contributed by atoms with Crippen molar-refractivity contribution in [3.05, 3.63) is 26.1 Å². The number of nitrogens with one attached hydrogen (secondary N) is 1. The van der Waals surface area contributed by atoms with Gasteiger partial charge in [-0.1, -0.05) is 26.7 Å². The highest BCUT2D eigenvalue weighted by Gasteiger charge is 2.12. The first kappa shape index (κ1) is 16.9. The molecule has 0 aliphatic heterocycles. The number of aryl methyl sites for hydroxylation is 1. The van der Waals surface area contributed by atoms with Crippen LogP contribution in [0.2, 0.25) is 0 Å². The quantitative estimate of drug-likeness (QED) is 0.476. The number of nitrogens with zero attached hydrogens (tertiary/aromatic N) is 1. The number of esters is 1. The summed E-state index contributed by atoms with van der Waals surface area (Å²) in [5.41, 5.74) is -0.236. The largest absolute Gasteiger partial charge is 0.464 e. The summed E-state index contributed by atoms with van der Waals surface area (Å²) in [5.74, 6) is -0.428. The minimum atomic E-state index is -0.428. The van der Waals surface area contributed by atoms with Crippen molar-refractivity contribution in [3.8, 4) is 0 Å². The third-order valence-corrected chi connectivity index (χ3v) is 4.89. The molecule has 0 spiro atoms. The molecule has 2 heterocycles. The third kappa shape index (κ3) is 3.84. The van der Waals surface area contributed by atoms with Crippen molar-refractivity contribution in [2.75, 3.05) is 6.61 Å².